The van der Waals surface area contributed by atoms with Gasteiger partial charge in [-0.2, -0.15) is 0 Å². The molecule has 1 unspecified atom stereocenters. The molecule has 0 aliphatic heterocycles. The van der Waals surface area contributed by atoms with Gasteiger partial charge in [-0.1, -0.05) is 0 Å². The second kappa shape index (κ2) is 8.43. The zero-order valence-electron chi connectivity index (χ0n) is 12.7. The number of benzene rings is 1. The minimum absolute atomic E-state index is 0.0469. The van der Waals surface area contributed by atoms with Crippen molar-refractivity contribution in [3.05, 3.63) is 23.8 Å². The second-order valence-corrected chi connectivity index (χ2v) is 4.60. The lowest BCUT2D eigenvalue weighted by atomic mass is 10.1. The van der Waals surface area contributed by atoms with Crippen molar-refractivity contribution in [2.24, 2.45) is 0 Å². The van der Waals surface area contributed by atoms with E-state index in [9.17, 15) is 4.79 Å². The van der Waals surface area contributed by atoms with Gasteiger partial charge >= 0.3 is 0 Å². The van der Waals surface area contributed by atoms with Crippen molar-refractivity contribution in [1.29, 1.82) is 0 Å². The molecule has 112 valence electrons. The number of nitrogens with one attached hydrogen (secondary N) is 2. The zero-order valence-corrected chi connectivity index (χ0v) is 12.7. The summed E-state index contributed by atoms with van der Waals surface area (Å²) in [6.07, 6.45) is 1.35. The molecule has 1 atom stereocenters. The van der Waals surface area contributed by atoms with Gasteiger partial charge in [0.15, 0.2) is 0 Å². The van der Waals surface area contributed by atoms with E-state index in [2.05, 4.69) is 10.6 Å². The van der Waals surface area contributed by atoms with E-state index in [-0.39, 0.29) is 11.9 Å². The molecule has 0 aliphatic rings. The van der Waals surface area contributed by atoms with Gasteiger partial charge in [-0.05, 0) is 39.1 Å². The fourth-order valence-electron chi connectivity index (χ4n) is 1.99. The van der Waals surface area contributed by atoms with E-state index in [0.717, 1.165) is 24.3 Å². The summed E-state index contributed by atoms with van der Waals surface area (Å²) in [6.45, 7) is 2.79. The first-order valence-corrected chi connectivity index (χ1v) is 6.78. The molecule has 20 heavy (non-hydrogen) atoms. The van der Waals surface area contributed by atoms with Crippen LogP contribution in [0.5, 0.6) is 11.5 Å². The summed E-state index contributed by atoms with van der Waals surface area (Å²) in [5.41, 5.74) is 0.940. The Morgan fingerprint density at radius 3 is 2.65 bits per heavy atom. The third-order valence-electron chi connectivity index (χ3n) is 3.12. The van der Waals surface area contributed by atoms with Gasteiger partial charge in [0.25, 0.3) is 0 Å². The molecular weight excluding hydrogens is 256 g/mol. The van der Waals surface area contributed by atoms with Crippen LogP contribution in [-0.4, -0.2) is 33.7 Å². The number of carbonyl (C=O) groups excluding carboxylic acids is 1. The summed E-state index contributed by atoms with van der Waals surface area (Å²) in [7, 11) is 5.10. The molecule has 0 aromatic heterocycles. The van der Waals surface area contributed by atoms with Crippen molar-refractivity contribution in [2.75, 3.05) is 27.8 Å². The molecule has 1 amide bonds. The van der Waals surface area contributed by atoms with Crippen LogP contribution in [0.2, 0.25) is 0 Å². The quantitative estimate of drug-likeness (QED) is 0.714. The molecule has 0 saturated heterocycles. The van der Waals surface area contributed by atoms with Gasteiger partial charge in [-0.25, -0.2) is 0 Å². The van der Waals surface area contributed by atoms with E-state index in [0.29, 0.717) is 12.2 Å². The van der Waals surface area contributed by atoms with E-state index in [1.54, 1.807) is 14.2 Å². The van der Waals surface area contributed by atoms with E-state index in [1.807, 2.05) is 32.2 Å². The number of rotatable bonds is 8. The van der Waals surface area contributed by atoms with Crippen molar-refractivity contribution in [1.82, 2.24) is 10.6 Å². The van der Waals surface area contributed by atoms with Crippen LogP contribution >= 0.6 is 0 Å². The van der Waals surface area contributed by atoms with Crippen LogP contribution in [0.15, 0.2) is 18.2 Å². The molecule has 0 spiro atoms. The molecule has 1 rings (SSSR count). The van der Waals surface area contributed by atoms with Crippen molar-refractivity contribution in [3.8, 4) is 11.5 Å². The molecular formula is C15H24N2O3. The summed E-state index contributed by atoms with van der Waals surface area (Å²) in [5, 5.41) is 6.00. The van der Waals surface area contributed by atoms with Gasteiger partial charge in [0.1, 0.15) is 11.5 Å². The van der Waals surface area contributed by atoms with Crippen molar-refractivity contribution in [3.63, 3.8) is 0 Å². The molecule has 5 heteroatoms. The number of methoxy groups -OCH3 is 2. The summed E-state index contributed by atoms with van der Waals surface area (Å²) in [5.74, 6) is 1.50. The molecule has 0 heterocycles. The molecule has 5 nitrogen and oxygen atoms in total. The maximum atomic E-state index is 11.8. The third kappa shape index (κ3) is 4.74. The summed E-state index contributed by atoms with van der Waals surface area (Å²) in [6, 6.07) is 5.49. The number of hydrogen-bond donors (Lipinski definition) is 2. The van der Waals surface area contributed by atoms with Gasteiger partial charge < -0.3 is 20.1 Å². The highest BCUT2D eigenvalue weighted by Crippen LogP contribution is 2.29. The number of hydrogen-bond acceptors (Lipinski definition) is 4. The number of amides is 1. The smallest absolute Gasteiger partial charge is 0.220 e. The lowest BCUT2D eigenvalue weighted by Gasteiger charge is -2.18. The maximum Gasteiger partial charge on any atom is 0.220 e. The maximum absolute atomic E-state index is 11.8. The molecule has 2 N–H and O–H groups in total. The second-order valence-electron chi connectivity index (χ2n) is 4.60. The fourth-order valence-corrected chi connectivity index (χ4v) is 1.99. The van der Waals surface area contributed by atoms with E-state index in [4.69, 9.17) is 9.47 Å². The summed E-state index contributed by atoms with van der Waals surface area (Å²) in [4.78, 5) is 11.8. The van der Waals surface area contributed by atoms with Crippen LogP contribution < -0.4 is 20.1 Å². The minimum atomic E-state index is -0.0991. The third-order valence-corrected chi connectivity index (χ3v) is 3.12. The number of ether oxygens (including phenoxy) is 2. The van der Waals surface area contributed by atoms with Gasteiger partial charge in [0.05, 0.1) is 20.3 Å². The van der Waals surface area contributed by atoms with E-state index in [1.165, 1.54) is 0 Å². The lowest BCUT2D eigenvalue weighted by Crippen LogP contribution is -2.27. The predicted octanol–water partition coefficient (Wildman–Crippen LogP) is 1.88. The monoisotopic (exact) mass is 280 g/mol. The minimum Gasteiger partial charge on any atom is -0.497 e. The Balaban J connectivity index is 2.66. The van der Waals surface area contributed by atoms with Crippen LogP contribution in [0.3, 0.4) is 0 Å². The Bertz CT molecular complexity index is 435. The Kier molecular flexibility index (Phi) is 6.87. The standard InChI is InChI=1S/C15H24N2O3/c1-11(17-15(18)6-5-9-16-2)13-8-7-12(19-3)10-14(13)20-4/h7-8,10-11,16H,5-6,9H2,1-4H3,(H,17,18). The topological polar surface area (TPSA) is 59.6 Å². The highest BCUT2D eigenvalue weighted by molar-refractivity contribution is 5.76. The van der Waals surface area contributed by atoms with E-state index < -0.39 is 0 Å². The van der Waals surface area contributed by atoms with Crippen molar-refractivity contribution < 1.29 is 14.3 Å². The largest absolute Gasteiger partial charge is 0.497 e. The molecule has 0 radical (unpaired) electrons. The van der Waals surface area contributed by atoms with Crippen LogP contribution in [0.4, 0.5) is 0 Å². The highest BCUT2D eigenvalue weighted by Gasteiger charge is 2.14. The molecule has 0 aliphatic carbocycles. The summed E-state index contributed by atoms with van der Waals surface area (Å²) >= 11 is 0. The summed E-state index contributed by atoms with van der Waals surface area (Å²) < 4.78 is 10.5. The van der Waals surface area contributed by atoms with Crippen LogP contribution in [0, 0.1) is 0 Å². The molecule has 1 aromatic carbocycles. The van der Waals surface area contributed by atoms with Gasteiger partial charge in [0.2, 0.25) is 5.91 Å². The molecule has 0 fully saturated rings. The number of carbonyl (C=O) groups is 1. The van der Waals surface area contributed by atoms with Crippen LogP contribution in [-0.2, 0) is 4.79 Å². The molecule has 0 saturated carbocycles. The predicted molar refractivity (Wildman–Crippen MR) is 79.3 cm³/mol. The Morgan fingerprint density at radius 2 is 2.05 bits per heavy atom. The average molecular weight is 280 g/mol. The first kappa shape index (κ1) is 16.3. The van der Waals surface area contributed by atoms with E-state index >= 15 is 0 Å². The molecule has 1 aromatic rings. The van der Waals surface area contributed by atoms with Crippen LogP contribution in [0.1, 0.15) is 31.4 Å². The highest BCUT2D eigenvalue weighted by atomic mass is 16.5. The lowest BCUT2D eigenvalue weighted by molar-refractivity contribution is -0.121. The normalized spacial score (nSPS) is 11.8. The Labute approximate surface area is 120 Å². The Hall–Kier alpha value is -1.75. The SMILES string of the molecule is CNCCCC(=O)NC(C)c1ccc(OC)cc1OC. The Morgan fingerprint density at radius 1 is 1.30 bits per heavy atom. The molecule has 0 bridgehead atoms. The average Bonchev–Trinajstić information content (AvgIpc) is 2.46. The van der Waals surface area contributed by atoms with Crippen molar-refractivity contribution >= 4 is 5.91 Å². The van der Waals surface area contributed by atoms with Gasteiger partial charge in [-0.3, -0.25) is 4.79 Å². The van der Waals surface area contributed by atoms with Crippen LogP contribution in [0.25, 0.3) is 0 Å². The first-order valence-electron chi connectivity index (χ1n) is 6.78. The first-order chi connectivity index (χ1) is 9.62. The zero-order chi connectivity index (χ0) is 15.0. The van der Waals surface area contributed by atoms with Gasteiger partial charge in [0, 0.05) is 18.1 Å². The van der Waals surface area contributed by atoms with Gasteiger partial charge in [-0.15, -0.1) is 0 Å². The van der Waals surface area contributed by atoms with Crippen molar-refractivity contribution in [2.45, 2.75) is 25.8 Å². The fraction of sp³-hybridized carbons (Fsp3) is 0.533.